The normalized spacial score (nSPS) is 21.7. The van der Waals surface area contributed by atoms with Crippen LogP contribution in [-0.4, -0.2) is 25.2 Å². The zero-order chi connectivity index (χ0) is 14.3. The van der Waals surface area contributed by atoms with Gasteiger partial charge in [-0.1, -0.05) is 33.6 Å². The van der Waals surface area contributed by atoms with Crippen molar-refractivity contribution >= 4 is 11.9 Å². The zero-order valence-electron chi connectivity index (χ0n) is 12.4. The second-order valence-corrected chi connectivity index (χ2v) is 6.15. The van der Waals surface area contributed by atoms with Crippen molar-refractivity contribution < 1.29 is 19.1 Å². The molecule has 0 aromatic rings. The molecule has 1 atom stereocenters. The lowest BCUT2D eigenvalue weighted by atomic mass is 9.71. The van der Waals surface area contributed by atoms with Crippen LogP contribution in [0.4, 0.5) is 0 Å². The van der Waals surface area contributed by atoms with Gasteiger partial charge >= 0.3 is 11.9 Å². The van der Waals surface area contributed by atoms with Gasteiger partial charge in [-0.3, -0.25) is 4.79 Å². The Morgan fingerprint density at radius 1 is 1.21 bits per heavy atom. The number of esters is 2. The van der Waals surface area contributed by atoms with E-state index < -0.39 is 5.97 Å². The number of carbonyl (C=O) groups is 2. The third-order valence-electron chi connectivity index (χ3n) is 3.74. The van der Waals surface area contributed by atoms with E-state index >= 15 is 0 Å². The molecule has 1 aliphatic rings. The molecule has 0 spiro atoms. The minimum Gasteiger partial charge on any atom is -0.463 e. The molecule has 0 saturated heterocycles. The van der Waals surface area contributed by atoms with Crippen LogP contribution in [0.2, 0.25) is 0 Å². The first kappa shape index (κ1) is 16.0. The average molecular weight is 270 g/mol. The van der Waals surface area contributed by atoms with Gasteiger partial charge in [-0.2, -0.15) is 0 Å². The Balaban J connectivity index is 2.12. The highest BCUT2D eigenvalue weighted by molar-refractivity contribution is 5.76. The molecule has 0 aromatic heterocycles. The summed E-state index contributed by atoms with van der Waals surface area (Å²) in [5.41, 5.74) is 0.420. The largest absolute Gasteiger partial charge is 0.463 e. The highest BCUT2D eigenvalue weighted by Gasteiger charge is 2.27. The fourth-order valence-corrected chi connectivity index (χ4v) is 2.72. The Morgan fingerprint density at radius 2 is 1.95 bits per heavy atom. The van der Waals surface area contributed by atoms with E-state index in [0.29, 0.717) is 17.9 Å². The topological polar surface area (TPSA) is 52.6 Å². The molecule has 0 bridgehead atoms. The second-order valence-electron chi connectivity index (χ2n) is 6.15. The van der Waals surface area contributed by atoms with Crippen LogP contribution in [0.1, 0.15) is 59.3 Å². The van der Waals surface area contributed by atoms with Gasteiger partial charge in [-0.05, 0) is 30.6 Å². The van der Waals surface area contributed by atoms with E-state index in [1.807, 2.05) is 0 Å². The highest BCUT2D eigenvalue weighted by atomic mass is 16.6. The molecular formula is C15H26O4. The lowest BCUT2D eigenvalue weighted by Crippen LogP contribution is -2.24. The van der Waals surface area contributed by atoms with Crippen molar-refractivity contribution in [3.63, 3.8) is 0 Å². The predicted molar refractivity (Wildman–Crippen MR) is 72.6 cm³/mol. The molecule has 110 valence electrons. The highest BCUT2D eigenvalue weighted by Crippen LogP contribution is 2.39. The molecule has 19 heavy (non-hydrogen) atoms. The maximum Gasteiger partial charge on any atom is 0.344 e. The predicted octanol–water partition coefficient (Wildman–Crippen LogP) is 3.09. The van der Waals surface area contributed by atoms with Gasteiger partial charge in [0.05, 0.1) is 6.61 Å². The zero-order valence-corrected chi connectivity index (χ0v) is 12.4. The van der Waals surface area contributed by atoms with Crippen LogP contribution in [0.3, 0.4) is 0 Å². The summed E-state index contributed by atoms with van der Waals surface area (Å²) < 4.78 is 9.81. The molecule has 1 fully saturated rings. The molecule has 0 aromatic carbocycles. The summed E-state index contributed by atoms with van der Waals surface area (Å²) in [6.07, 6.45) is 6.18. The van der Waals surface area contributed by atoms with Crippen LogP contribution in [0.15, 0.2) is 0 Å². The van der Waals surface area contributed by atoms with Crippen molar-refractivity contribution in [2.45, 2.75) is 59.3 Å². The number of ether oxygens (including phenoxy) is 2. The molecule has 4 heteroatoms. The summed E-state index contributed by atoms with van der Waals surface area (Å²) >= 11 is 0. The standard InChI is InChI=1S/C15H26O4/c1-4-13(16)19-11-14(17)18-9-7-12-6-5-8-15(2,3)10-12/h12H,4-11H2,1-3H3/t12-/m0/s1. The van der Waals surface area contributed by atoms with Crippen molar-refractivity contribution in [1.82, 2.24) is 0 Å². The molecule has 0 N–H and O–H groups in total. The van der Waals surface area contributed by atoms with Crippen LogP contribution >= 0.6 is 0 Å². The molecule has 0 amide bonds. The molecule has 0 aliphatic heterocycles. The molecule has 1 saturated carbocycles. The van der Waals surface area contributed by atoms with Gasteiger partial charge in [0, 0.05) is 6.42 Å². The van der Waals surface area contributed by atoms with E-state index in [4.69, 9.17) is 9.47 Å². The Kier molecular flexibility index (Phi) is 6.32. The summed E-state index contributed by atoms with van der Waals surface area (Å²) in [6, 6.07) is 0. The number of hydrogen-bond acceptors (Lipinski definition) is 4. The van der Waals surface area contributed by atoms with Crippen LogP contribution in [-0.2, 0) is 19.1 Å². The van der Waals surface area contributed by atoms with E-state index in [1.54, 1.807) is 6.92 Å². The Hall–Kier alpha value is -1.06. The summed E-state index contributed by atoms with van der Waals surface area (Å²) in [5.74, 6) is -0.169. The molecule has 0 heterocycles. The van der Waals surface area contributed by atoms with Gasteiger partial charge in [-0.25, -0.2) is 4.79 Å². The minimum absolute atomic E-state index is 0.261. The first-order chi connectivity index (χ1) is 8.93. The molecule has 4 nitrogen and oxygen atoms in total. The van der Waals surface area contributed by atoms with Crippen molar-refractivity contribution in [2.75, 3.05) is 13.2 Å². The van der Waals surface area contributed by atoms with Crippen LogP contribution in [0.5, 0.6) is 0 Å². The average Bonchev–Trinajstić information content (AvgIpc) is 2.34. The first-order valence-corrected chi connectivity index (χ1v) is 7.24. The van der Waals surface area contributed by atoms with Crippen LogP contribution < -0.4 is 0 Å². The third kappa shape index (κ3) is 6.60. The maximum absolute atomic E-state index is 11.3. The number of carbonyl (C=O) groups excluding carboxylic acids is 2. The minimum atomic E-state index is -0.447. The third-order valence-corrected chi connectivity index (χ3v) is 3.74. The van der Waals surface area contributed by atoms with E-state index in [0.717, 1.165) is 6.42 Å². The first-order valence-electron chi connectivity index (χ1n) is 7.24. The van der Waals surface area contributed by atoms with Crippen molar-refractivity contribution in [1.29, 1.82) is 0 Å². The maximum atomic E-state index is 11.3. The summed E-state index contributed by atoms with van der Waals surface area (Å²) in [6.45, 7) is 6.47. The fraction of sp³-hybridized carbons (Fsp3) is 0.867. The van der Waals surface area contributed by atoms with Crippen molar-refractivity contribution in [3.05, 3.63) is 0 Å². The number of hydrogen-bond donors (Lipinski definition) is 0. The van der Waals surface area contributed by atoms with Gasteiger partial charge in [0.15, 0.2) is 6.61 Å². The lowest BCUT2D eigenvalue weighted by molar-refractivity contribution is -0.158. The smallest absolute Gasteiger partial charge is 0.344 e. The van der Waals surface area contributed by atoms with E-state index in [2.05, 4.69) is 13.8 Å². The molecule has 0 unspecified atom stereocenters. The van der Waals surface area contributed by atoms with Crippen molar-refractivity contribution in [2.24, 2.45) is 11.3 Å². The second kappa shape index (κ2) is 7.51. The lowest BCUT2D eigenvalue weighted by Gasteiger charge is -2.35. The van der Waals surface area contributed by atoms with Gasteiger partial charge in [0.1, 0.15) is 0 Å². The van der Waals surface area contributed by atoms with Gasteiger partial charge in [0.25, 0.3) is 0 Å². The quantitative estimate of drug-likeness (QED) is 0.696. The molecule has 1 aliphatic carbocycles. The SMILES string of the molecule is CCC(=O)OCC(=O)OCC[C@@H]1CCCC(C)(C)C1. The van der Waals surface area contributed by atoms with E-state index in [9.17, 15) is 9.59 Å². The Labute approximate surface area is 115 Å². The van der Waals surface area contributed by atoms with E-state index in [1.165, 1.54) is 25.7 Å². The van der Waals surface area contributed by atoms with Crippen LogP contribution in [0, 0.1) is 11.3 Å². The van der Waals surface area contributed by atoms with Crippen molar-refractivity contribution in [3.8, 4) is 0 Å². The molecule has 0 radical (unpaired) electrons. The Morgan fingerprint density at radius 3 is 2.58 bits per heavy atom. The van der Waals surface area contributed by atoms with Gasteiger partial charge in [-0.15, -0.1) is 0 Å². The van der Waals surface area contributed by atoms with Crippen LogP contribution in [0.25, 0.3) is 0 Å². The van der Waals surface area contributed by atoms with Gasteiger partial charge in [0.2, 0.25) is 0 Å². The summed E-state index contributed by atoms with van der Waals surface area (Å²) in [7, 11) is 0. The number of rotatable bonds is 6. The fourth-order valence-electron chi connectivity index (χ4n) is 2.72. The monoisotopic (exact) mass is 270 g/mol. The van der Waals surface area contributed by atoms with E-state index in [-0.39, 0.29) is 19.0 Å². The Bertz CT molecular complexity index is 309. The summed E-state index contributed by atoms with van der Waals surface area (Å²) in [4.78, 5) is 22.2. The molecular weight excluding hydrogens is 244 g/mol. The van der Waals surface area contributed by atoms with Gasteiger partial charge < -0.3 is 9.47 Å². The molecule has 1 rings (SSSR count). The summed E-state index contributed by atoms with van der Waals surface area (Å²) in [5, 5.41) is 0.